The van der Waals surface area contributed by atoms with Crippen LogP contribution in [0.15, 0.2) is 54.0 Å². The molecule has 1 aliphatic rings. The van der Waals surface area contributed by atoms with Crippen molar-refractivity contribution >= 4 is 64.0 Å². The molecule has 388 valence electrons. The normalized spacial score (nSPS) is 14.3. The van der Waals surface area contributed by atoms with E-state index in [0.717, 1.165) is 38.7 Å². The summed E-state index contributed by atoms with van der Waals surface area (Å²) < 4.78 is 79.3. The Labute approximate surface area is 426 Å². The van der Waals surface area contributed by atoms with Crippen LogP contribution in [0.2, 0.25) is 0 Å². The summed E-state index contributed by atoms with van der Waals surface area (Å²) in [4.78, 5) is 66.3. The Morgan fingerprint density at radius 2 is 1.68 bits per heavy atom. The minimum Gasteiger partial charge on any atom is -0.479 e. The maximum atomic E-state index is 15.4. The third-order valence-corrected chi connectivity index (χ3v) is 13.1. The zero-order valence-electron chi connectivity index (χ0n) is 41.5. The zero-order chi connectivity index (χ0) is 53.0. The number of carbonyl (C=O) groups excluding carboxylic acids is 4. The highest BCUT2D eigenvalue weighted by atomic mass is 32.1. The van der Waals surface area contributed by atoms with E-state index in [2.05, 4.69) is 20.6 Å². The minimum atomic E-state index is -5.17. The summed E-state index contributed by atoms with van der Waals surface area (Å²) in [5.41, 5.74) is -0.445. The maximum Gasteiger partial charge on any atom is 0.420 e. The van der Waals surface area contributed by atoms with Crippen LogP contribution in [0, 0.1) is 29.5 Å². The summed E-state index contributed by atoms with van der Waals surface area (Å²) in [6.07, 6.45) is -2.31. The van der Waals surface area contributed by atoms with Crippen molar-refractivity contribution in [3.8, 4) is 28.3 Å². The van der Waals surface area contributed by atoms with E-state index in [1.165, 1.54) is 51.1 Å². The van der Waals surface area contributed by atoms with Crippen molar-refractivity contribution in [2.75, 3.05) is 63.5 Å². The van der Waals surface area contributed by atoms with Crippen molar-refractivity contribution in [3.63, 3.8) is 0 Å². The minimum absolute atomic E-state index is 0.0517. The number of likely N-dealkylation sites (tertiary alicyclic amines) is 1. The quantitative estimate of drug-likeness (QED) is 0.0336. The molecule has 16 nitrogen and oxygen atoms in total. The number of halogens is 4. The number of carbonyl (C=O) groups is 4. The Morgan fingerprint density at radius 3 is 2.31 bits per heavy atom. The Bertz CT molecular complexity index is 2600. The Kier molecular flexibility index (Phi) is 19.6. The van der Waals surface area contributed by atoms with Gasteiger partial charge in [0.15, 0.2) is 10.9 Å². The number of hydrogen-bond donors (Lipinski definition) is 2. The van der Waals surface area contributed by atoms with Crippen LogP contribution in [-0.4, -0.2) is 115 Å². The molecule has 0 aliphatic carbocycles. The SMILES string of the molecule is COc1nc(OCCCCOCCOCC(=O)NC(C(=O)N2CCCC2C(=O)NCc2ccc(-c3scnc3C)cc2)C(C)(C)C)ccc1N(C(=S)N(C)c1ccc(C#N)c(C(F)(F)F)c1F)C(C)(C)C=O. The lowest BCUT2D eigenvalue weighted by atomic mass is 9.85. The average Bonchev–Trinajstić information content (AvgIpc) is 4.02. The van der Waals surface area contributed by atoms with Crippen molar-refractivity contribution in [3.05, 3.63) is 82.2 Å². The van der Waals surface area contributed by atoms with Crippen LogP contribution >= 0.6 is 23.6 Å². The highest BCUT2D eigenvalue weighted by molar-refractivity contribution is 7.80. The zero-order valence-corrected chi connectivity index (χ0v) is 43.1. The van der Waals surface area contributed by atoms with E-state index < -0.39 is 57.8 Å². The highest BCUT2D eigenvalue weighted by Gasteiger charge is 2.43. The van der Waals surface area contributed by atoms with Gasteiger partial charge in [-0.2, -0.15) is 23.4 Å². The number of thiocarbonyl (C=S) groups is 1. The highest BCUT2D eigenvalue weighted by Crippen LogP contribution is 2.40. The van der Waals surface area contributed by atoms with Crippen LogP contribution in [0.1, 0.15) is 82.7 Å². The predicted molar refractivity (Wildman–Crippen MR) is 267 cm³/mol. The second kappa shape index (κ2) is 24.9. The molecule has 1 saturated heterocycles. The van der Waals surface area contributed by atoms with Gasteiger partial charge >= 0.3 is 6.18 Å². The first-order chi connectivity index (χ1) is 34.0. The van der Waals surface area contributed by atoms with Crippen LogP contribution in [0.5, 0.6) is 11.8 Å². The number of hydrogen-bond acceptors (Lipinski definition) is 13. The number of ether oxygens (including phenoxy) is 4. The number of anilines is 2. The second-order valence-corrected chi connectivity index (χ2v) is 19.7. The van der Waals surface area contributed by atoms with E-state index in [1.807, 2.05) is 57.5 Å². The lowest BCUT2D eigenvalue weighted by Gasteiger charge is -2.40. The molecule has 2 N–H and O–H groups in total. The van der Waals surface area contributed by atoms with Gasteiger partial charge in [0, 0.05) is 32.8 Å². The third kappa shape index (κ3) is 14.2. The molecule has 0 spiro atoms. The van der Waals surface area contributed by atoms with Crippen molar-refractivity contribution < 1.29 is 55.7 Å². The molecule has 2 aromatic heterocycles. The summed E-state index contributed by atoms with van der Waals surface area (Å²) in [6.45, 7) is 11.8. The standard InChI is InChI=1S/C50H60F4N8O8S2/c1-31-42(72-30-57-31)33-15-13-32(14-16-33)27-56-44(65)36-12-11-21-61(36)46(66)43(48(2,3)4)58-38(64)28-69-25-24-68-22-9-10-23-70-39-20-19-37(45(59-39)67-8)62(49(5,6)29-63)47(71)60(7)35-18-17-34(26-55)40(41(35)51)50(52,53)54/h13-20,29-30,36,43H,9-12,21-25,27-28H2,1-8H3,(H,56,65)(H,58,64). The number of alkyl halides is 3. The summed E-state index contributed by atoms with van der Waals surface area (Å²) >= 11 is 7.20. The van der Waals surface area contributed by atoms with Crippen molar-refractivity contribution in [1.29, 1.82) is 5.26 Å². The van der Waals surface area contributed by atoms with Gasteiger partial charge < -0.3 is 49.1 Å². The number of benzene rings is 2. The van der Waals surface area contributed by atoms with Gasteiger partial charge in [-0.25, -0.2) is 9.37 Å². The number of nitrogens with zero attached hydrogens (tertiary/aromatic N) is 6. The second-order valence-electron chi connectivity index (χ2n) is 18.5. The summed E-state index contributed by atoms with van der Waals surface area (Å²) in [6, 6.07) is 12.5. The Balaban J connectivity index is 1.04. The molecule has 3 amide bonds. The number of pyridine rings is 1. The number of nitriles is 1. The number of nitrogens with one attached hydrogen (secondary N) is 2. The van der Waals surface area contributed by atoms with Crippen molar-refractivity contribution in [2.45, 2.75) is 97.6 Å². The smallest absolute Gasteiger partial charge is 0.420 e. The number of aromatic nitrogens is 2. The molecule has 1 fully saturated rings. The third-order valence-electron chi connectivity index (χ3n) is 11.7. The van der Waals surface area contributed by atoms with E-state index in [1.54, 1.807) is 16.2 Å². The van der Waals surface area contributed by atoms with Gasteiger partial charge in [0.2, 0.25) is 29.5 Å². The molecule has 0 saturated carbocycles. The van der Waals surface area contributed by atoms with E-state index in [0.29, 0.717) is 51.7 Å². The number of unbranched alkanes of at least 4 members (excludes halogenated alkanes) is 1. The van der Waals surface area contributed by atoms with Gasteiger partial charge in [0.05, 0.1) is 65.9 Å². The fourth-order valence-corrected chi connectivity index (χ4v) is 9.07. The van der Waals surface area contributed by atoms with E-state index >= 15 is 4.39 Å². The molecule has 2 unspecified atom stereocenters. The van der Waals surface area contributed by atoms with Crippen LogP contribution < -0.4 is 29.9 Å². The van der Waals surface area contributed by atoms with Gasteiger partial charge in [0.1, 0.15) is 36.2 Å². The molecule has 1 aliphatic heterocycles. The topological polar surface area (TPSA) is 189 Å². The molecule has 0 bridgehead atoms. The molecule has 22 heteroatoms. The molecule has 0 radical (unpaired) electrons. The summed E-state index contributed by atoms with van der Waals surface area (Å²) in [5.74, 6) is -2.67. The average molecular weight is 1040 g/mol. The first kappa shape index (κ1) is 56.6. The number of aryl methyl sites for hydroxylation is 1. The molecule has 2 atom stereocenters. The number of rotatable bonds is 22. The van der Waals surface area contributed by atoms with Gasteiger partial charge in [-0.15, -0.1) is 11.3 Å². The van der Waals surface area contributed by atoms with Crippen LogP contribution in [-0.2, 0) is 41.4 Å². The lowest BCUT2D eigenvalue weighted by molar-refractivity contribution is -0.144. The summed E-state index contributed by atoms with van der Waals surface area (Å²) in [5, 5.41) is 14.7. The molecule has 4 aromatic rings. The van der Waals surface area contributed by atoms with Gasteiger partial charge in [-0.05, 0) is 93.4 Å². The van der Waals surface area contributed by atoms with E-state index in [4.69, 9.17) is 31.2 Å². The molecule has 2 aromatic carbocycles. The van der Waals surface area contributed by atoms with Crippen LogP contribution in [0.4, 0.5) is 28.9 Å². The summed E-state index contributed by atoms with van der Waals surface area (Å²) in [7, 11) is 2.54. The number of methoxy groups -OCH3 is 1. The Morgan fingerprint density at radius 1 is 1.00 bits per heavy atom. The van der Waals surface area contributed by atoms with Crippen LogP contribution in [0.3, 0.4) is 0 Å². The predicted octanol–water partition coefficient (Wildman–Crippen LogP) is 7.79. The van der Waals surface area contributed by atoms with Crippen molar-refractivity contribution in [2.24, 2.45) is 5.41 Å². The van der Waals surface area contributed by atoms with Gasteiger partial charge in [-0.3, -0.25) is 14.4 Å². The van der Waals surface area contributed by atoms with Gasteiger partial charge in [-0.1, -0.05) is 45.0 Å². The Hall–Kier alpha value is -6.28. The fraction of sp³-hybridized carbons (Fsp3) is 0.480. The molecule has 72 heavy (non-hydrogen) atoms. The van der Waals surface area contributed by atoms with Gasteiger partial charge in [0.25, 0.3) is 0 Å². The number of amides is 3. The van der Waals surface area contributed by atoms with E-state index in [9.17, 15) is 37.6 Å². The maximum absolute atomic E-state index is 15.4. The first-order valence-electron chi connectivity index (χ1n) is 23.1. The molecular formula is C50H60F4N8O8S2. The first-order valence-corrected chi connectivity index (χ1v) is 24.4. The lowest BCUT2D eigenvalue weighted by Crippen LogP contribution is -2.58. The van der Waals surface area contributed by atoms with Crippen molar-refractivity contribution in [1.82, 2.24) is 25.5 Å². The fourth-order valence-electron chi connectivity index (χ4n) is 7.82. The number of thiazole rings is 1. The molecule has 3 heterocycles. The monoisotopic (exact) mass is 1040 g/mol. The largest absolute Gasteiger partial charge is 0.479 e. The van der Waals surface area contributed by atoms with E-state index in [-0.39, 0.29) is 60.8 Å². The molecular weight excluding hydrogens is 981 g/mol. The van der Waals surface area contributed by atoms with Crippen LogP contribution in [0.25, 0.3) is 10.4 Å². The number of aldehydes is 1. The molecule has 5 rings (SSSR count).